The molecule has 252 valence electrons. The molecule has 0 aromatic heterocycles. The first-order valence-electron chi connectivity index (χ1n) is 16.0. The van der Waals surface area contributed by atoms with Gasteiger partial charge in [0.1, 0.15) is 5.60 Å². The van der Waals surface area contributed by atoms with Crippen LogP contribution in [0.5, 0.6) is 0 Å². The van der Waals surface area contributed by atoms with Crippen molar-refractivity contribution in [2.75, 3.05) is 112 Å². The van der Waals surface area contributed by atoms with E-state index in [1.165, 1.54) is 44.9 Å². The molecule has 0 rings (SSSR count). The minimum Gasteiger partial charge on any atom is -0.444 e. The summed E-state index contributed by atoms with van der Waals surface area (Å²) in [6.07, 6.45) is 10.1. The van der Waals surface area contributed by atoms with Gasteiger partial charge in [0.15, 0.2) is 0 Å². The third-order valence-corrected chi connectivity index (χ3v) is 5.66. The van der Waals surface area contributed by atoms with E-state index < -0.39 is 11.7 Å². The van der Waals surface area contributed by atoms with Gasteiger partial charge in [-0.2, -0.15) is 0 Å². The van der Waals surface area contributed by atoms with Gasteiger partial charge < -0.3 is 47.9 Å². The number of amides is 1. The molecule has 0 unspecified atom stereocenters. The zero-order valence-electron chi connectivity index (χ0n) is 27.3. The van der Waals surface area contributed by atoms with E-state index in [1.807, 2.05) is 20.8 Å². The van der Waals surface area contributed by atoms with Crippen LogP contribution in [0.3, 0.4) is 0 Å². The Kier molecular flexibility index (Phi) is 32.0. The molecule has 0 aliphatic heterocycles. The van der Waals surface area contributed by atoms with Gasteiger partial charge in [-0.05, 0) is 27.2 Å². The normalized spacial score (nSPS) is 11.7. The molecule has 0 saturated carbocycles. The molecule has 0 aliphatic rings. The Hall–Kier alpha value is -1.05. The molecular weight excluding hydrogens is 546 g/mol. The molecule has 0 fully saturated rings. The lowest BCUT2D eigenvalue weighted by molar-refractivity contribution is -0.0231. The molecule has 1 N–H and O–H groups in total. The van der Waals surface area contributed by atoms with Crippen LogP contribution < -0.4 is 5.32 Å². The van der Waals surface area contributed by atoms with Crippen LogP contribution in [0.2, 0.25) is 0 Å². The van der Waals surface area contributed by atoms with Crippen molar-refractivity contribution in [2.45, 2.75) is 84.7 Å². The summed E-state index contributed by atoms with van der Waals surface area (Å²) in [6.45, 7) is 16.7. The van der Waals surface area contributed by atoms with Crippen molar-refractivity contribution in [3.63, 3.8) is 0 Å². The second-order valence-electron chi connectivity index (χ2n) is 10.8. The molecule has 0 aliphatic carbocycles. The van der Waals surface area contributed by atoms with Crippen molar-refractivity contribution >= 4 is 6.09 Å². The van der Waals surface area contributed by atoms with Gasteiger partial charge in [0, 0.05) is 13.2 Å². The molecule has 1 amide bonds. The standard InChI is InChI=1S/C31H63NO10/c1-5-6-7-8-9-10-11-12-14-34-16-18-36-20-22-38-24-26-40-28-29-41-27-25-39-23-21-37-19-17-35-15-13-32-30(33)42-31(2,3)4/h5-29H2,1-4H3,(H,32,33). The summed E-state index contributed by atoms with van der Waals surface area (Å²) in [6, 6.07) is 0. The van der Waals surface area contributed by atoms with Crippen molar-refractivity contribution in [3.05, 3.63) is 0 Å². The Morgan fingerprint density at radius 2 is 0.762 bits per heavy atom. The summed E-state index contributed by atoms with van der Waals surface area (Å²) < 4.78 is 49.0. The van der Waals surface area contributed by atoms with E-state index in [1.54, 1.807) is 0 Å². The number of nitrogens with one attached hydrogen (secondary N) is 1. The van der Waals surface area contributed by atoms with Crippen molar-refractivity contribution in [2.24, 2.45) is 0 Å². The zero-order valence-corrected chi connectivity index (χ0v) is 27.3. The van der Waals surface area contributed by atoms with E-state index in [2.05, 4.69) is 12.2 Å². The number of unbranched alkanes of at least 4 members (excludes halogenated alkanes) is 7. The summed E-state index contributed by atoms with van der Waals surface area (Å²) in [4.78, 5) is 11.5. The molecule has 0 aromatic carbocycles. The lowest BCUT2D eigenvalue weighted by atomic mass is 10.1. The lowest BCUT2D eigenvalue weighted by Crippen LogP contribution is -2.34. The molecule has 11 nitrogen and oxygen atoms in total. The fraction of sp³-hybridized carbons (Fsp3) is 0.968. The first kappa shape index (κ1) is 41.0. The van der Waals surface area contributed by atoms with E-state index in [-0.39, 0.29) is 0 Å². The van der Waals surface area contributed by atoms with Crippen molar-refractivity contribution in [3.8, 4) is 0 Å². The highest BCUT2D eigenvalue weighted by molar-refractivity contribution is 5.67. The Morgan fingerprint density at radius 3 is 1.12 bits per heavy atom. The van der Waals surface area contributed by atoms with Crippen LogP contribution in [0.1, 0.15) is 79.1 Å². The highest BCUT2D eigenvalue weighted by Crippen LogP contribution is 2.08. The number of alkyl carbamates (subject to hydrolysis) is 1. The maximum Gasteiger partial charge on any atom is 0.407 e. The van der Waals surface area contributed by atoms with Gasteiger partial charge >= 0.3 is 6.09 Å². The molecule has 0 atom stereocenters. The van der Waals surface area contributed by atoms with E-state index in [9.17, 15) is 4.79 Å². The molecule has 0 aromatic rings. The van der Waals surface area contributed by atoms with Crippen LogP contribution in [-0.4, -0.2) is 124 Å². The summed E-state index contributed by atoms with van der Waals surface area (Å²) in [5, 5.41) is 2.63. The molecule has 0 spiro atoms. The van der Waals surface area contributed by atoms with Crippen molar-refractivity contribution in [1.82, 2.24) is 5.32 Å². The average Bonchev–Trinajstić information content (AvgIpc) is 2.94. The predicted octanol–water partition coefficient (Wildman–Crippen LogP) is 4.78. The highest BCUT2D eigenvalue weighted by Gasteiger charge is 2.15. The fourth-order valence-corrected chi connectivity index (χ4v) is 3.52. The van der Waals surface area contributed by atoms with Gasteiger partial charge in [0.2, 0.25) is 0 Å². The Labute approximate surface area is 255 Å². The summed E-state index contributed by atoms with van der Waals surface area (Å²) >= 11 is 0. The first-order valence-corrected chi connectivity index (χ1v) is 16.0. The molecule has 0 bridgehead atoms. The number of ether oxygens (including phenoxy) is 9. The second-order valence-corrected chi connectivity index (χ2v) is 10.8. The monoisotopic (exact) mass is 609 g/mol. The van der Waals surface area contributed by atoms with Crippen molar-refractivity contribution < 1.29 is 47.4 Å². The van der Waals surface area contributed by atoms with E-state index in [0.29, 0.717) is 106 Å². The quantitative estimate of drug-likeness (QED) is 0.104. The SMILES string of the molecule is CCCCCCCCCCOCCOCCOCCOCCOCCOCCOCCOCCNC(=O)OC(C)(C)C. The number of hydrogen-bond acceptors (Lipinski definition) is 10. The van der Waals surface area contributed by atoms with Crippen molar-refractivity contribution in [1.29, 1.82) is 0 Å². The van der Waals surface area contributed by atoms with E-state index in [0.717, 1.165) is 13.0 Å². The van der Waals surface area contributed by atoms with Gasteiger partial charge in [-0.25, -0.2) is 4.79 Å². The molecule has 11 heteroatoms. The smallest absolute Gasteiger partial charge is 0.407 e. The minimum absolute atomic E-state index is 0.391. The van der Waals surface area contributed by atoms with Gasteiger partial charge in [0.25, 0.3) is 0 Å². The van der Waals surface area contributed by atoms with E-state index in [4.69, 9.17) is 42.6 Å². The average molecular weight is 610 g/mol. The summed E-state index contributed by atoms with van der Waals surface area (Å²) in [5.74, 6) is 0. The third-order valence-electron chi connectivity index (χ3n) is 5.66. The summed E-state index contributed by atoms with van der Waals surface area (Å²) in [5.41, 5.74) is -0.504. The molecular formula is C31H63NO10. The molecule has 0 heterocycles. The Morgan fingerprint density at radius 1 is 0.452 bits per heavy atom. The van der Waals surface area contributed by atoms with Crippen LogP contribution in [-0.2, 0) is 42.6 Å². The number of carbonyl (C=O) groups is 1. The molecule has 42 heavy (non-hydrogen) atoms. The first-order chi connectivity index (χ1) is 20.5. The van der Waals surface area contributed by atoms with Crippen LogP contribution in [0, 0.1) is 0 Å². The van der Waals surface area contributed by atoms with Crippen LogP contribution in [0.4, 0.5) is 4.79 Å². The second kappa shape index (κ2) is 32.9. The number of rotatable bonds is 33. The number of hydrogen-bond donors (Lipinski definition) is 1. The maximum atomic E-state index is 11.5. The van der Waals surface area contributed by atoms with Gasteiger partial charge in [0.05, 0.1) is 99.1 Å². The number of carbonyl (C=O) groups excluding carboxylic acids is 1. The van der Waals surface area contributed by atoms with E-state index >= 15 is 0 Å². The molecule has 0 radical (unpaired) electrons. The predicted molar refractivity (Wildman–Crippen MR) is 163 cm³/mol. The Balaban J connectivity index is 3.09. The highest BCUT2D eigenvalue weighted by atomic mass is 16.6. The zero-order chi connectivity index (χ0) is 30.8. The summed E-state index contributed by atoms with van der Waals surface area (Å²) in [7, 11) is 0. The maximum absolute atomic E-state index is 11.5. The van der Waals surface area contributed by atoms with Gasteiger partial charge in [-0.15, -0.1) is 0 Å². The molecule has 0 saturated heterocycles. The minimum atomic E-state index is -0.504. The fourth-order valence-electron chi connectivity index (χ4n) is 3.52. The van der Waals surface area contributed by atoms with Crippen LogP contribution >= 0.6 is 0 Å². The largest absolute Gasteiger partial charge is 0.444 e. The third kappa shape index (κ3) is 37.0. The van der Waals surface area contributed by atoms with Gasteiger partial charge in [-0.3, -0.25) is 0 Å². The lowest BCUT2D eigenvalue weighted by Gasteiger charge is -2.19. The topological polar surface area (TPSA) is 112 Å². The van der Waals surface area contributed by atoms with Crippen LogP contribution in [0.25, 0.3) is 0 Å². The van der Waals surface area contributed by atoms with Gasteiger partial charge in [-0.1, -0.05) is 51.9 Å². The Bertz CT molecular complexity index is 548. The van der Waals surface area contributed by atoms with Crippen LogP contribution in [0.15, 0.2) is 0 Å².